The molecule has 0 aromatic heterocycles. The highest BCUT2D eigenvalue weighted by atomic mass is 15.1. The zero-order chi connectivity index (χ0) is 17.6. The number of hydrogen-bond acceptors (Lipinski definition) is 1. The number of rotatable bonds is 5. The molecular formula is C25H21N. The second kappa shape index (κ2) is 7.71. The second-order valence-electron chi connectivity index (χ2n) is 6.29. The van der Waals surface area contributed by atoms with E-state index < -0.39 is 0 Å². The minimum atomic E-state index is 0.828. The van der Waals surface area contributed by atoms with Crippen molar-refractivity contribution in [1.29, 1.82) is 0 Å². The van der Waals surface area contributed by atoms with Crippen LogP contribution in [0.5, 0.6) is 0 Å². The average Bonchev–Trinajstić information content (AvgIpc) is 2.74. The van der Waals surface area contributed by atoms with Gasteiger partial charge < -0.3 is 4.90 Å². The van der Waals surface area contributed by atoms with Crippen LogP contribution in [0.25, 0.3) is 11.1 Å². The van der Waals surface area contributed by atoms with Gasteiger partial charge in [-0.15, -0.1) is 0 Å². The van der Waals surface area contributed by atoms with Gasteiger partial charge >= 0.3 is 0 Å². The number of para-hydroxylation sites is 2. The van der Waals surface area contributed by atoms with Crippen molar-refractivity contribution >= 4 is 11.4 Å². The highest BCUT2D eigenvalue weighted by Crippen LogP contribution is 2.36. The van der Waals surface area contributed by atoms with Gasteiger partial charge in [0, 0.05) is 23.5 Å². The molecule has 0 fully saturated rings. The monoisotopic (exact) mass is 335 g/mol. The summed E-state index contributed by atoms with van der Waals surface area (Å²) in [5.41, 5.74) is 6.18. The largest absolute Gasteiger partial charge is 0.336 e. The van der Waals surface area contributed by atoms with E-state index in [-0.39, 0.29) is 0 Å². The smallest absolute Gasteiger partial charge is 0.0493 e. The van der Waals surface area contributed by atoms with Gasteiger partial charge in [0.2, 0.25) is 0 Å². The van der Waals surface area contributed by atoms with Crippen LogP contribution in [0, 0.1) is 0 Å². The molecule has 4 aromatic carbocycles. The Morgan fingerprint density at radius 1 is 0.500 bits per heavy atom. The van der Waals surface area contributed by atoms with E-state index in [0.29, 0.717) is 0 Å². The summed E-state index contributed by atoms with van der Waals surface area (Å²) >= 11 is 0. The molecule has 0 aliphatic rings. The van der Waals surface area contributed by atoms with Crippen molar-refractivity contribution in [2.24, 2.45) is 0 Å². The molecule has 0 N–H and O–H groups in total. The molecule has 0 bridgehead atoms. The Morgan fingerprint density at radius 2 is 1.04 bits per heavy atom. The lowest BCUT2D eigenvalue weighted by molar-refractivity contribution is 0.976. The summed E-state index contributed by atoms with van der Waals surface area (Å²) in [5.74, 6) is 0. The summed E-state index contributed by atoms with van der Waals surface area (Å²) in [6.45, 7) is 0.828. The molecule has 0 saturated carbocycles. The van der Waals surface area contributed by atoms with Crippen LogP contribution in [0.15, 0.2) is 115 Å². The molecule has 0 amide bonds. The zero-order valence-electron chi connectivity index (χ0n) is 14.6. The van der Waals surface area contributed by atoms with Crippen LogP contribution in [0.3, 0.4) is 0 Å². The standard InChI is InChI=1S/C25H21N/c1-4-12-21(13-5-1)20-26(23-16-8-3-9-17-23)25-19-11-10-18-24(25)22-14-6-2-7-15-22/h1-19H,20H2. The number of hydrogen-bond donors (Lipinski definition) is 0. The summed E-state index contributed by atoms with van der Waals surface area (Å²) in [6.07, 6.45) is 0. The van der Waals surface area contributed by atoms with Crippen molar-refractivity contribution in [3.63, 3.8) is 0 Å². The molecule has 26 heavy (non-hydrogen) atoms. The van der Waals surface area contributed by atoms with Crippen LogP contribution in [0.2, 0.25) is 0 Å². The topological polar surface area (TPSA) is 3.24 Å². The minimum Gasteiger partial charge on any atom is -0.336 e. The van der Waals surface area contributed by atoms with Crippen LogP contribution < -0.4 is 4.90 Å². The molecule has 0 heterocycles. The Bertz CT molecular complexity index is 947. The molecule has 1 heteroatoms. The summed E-state index contributed by atoms with van der Waals surface area (Å²) in [6, 6.07) is 40.4. The van der Waals surface area contributed by atoms with Gasteiger partial charge in [-0.05, 0) is 29.3 Å². The lowest BCUT2D eigenvalue weighted by Gasteiger charge is -2.27. The maximum absolute atomic E-state index is 2.39. The third-order valence-electron chi connectivity index (χ3n) is 4.53. The molecule has 0 unspecified atom stereocenters. The molecule has 0 spiro atoms. The molecule has 0 saturated heterocycles. The highest BCUT2D eigenvalue weighted by Gasteiger charge is 2.14. The predicted molar refractivity (Wildman–Crippen MR) is 111 cm³/mol. The first-order valence-corrected chi connectivity index (χ1v) is 8.93. The molecule has 4 rings (SSSR count). The van der Waals surface area contributed by atoms with Gasteiger partial charge in [0.25, 0.3) is 0 Å². The predicted octanol–water partition coefficient (Wildman–Crippen LogP) is 6.69. The van der Waals surface area contributed by atoms with Gasteiger partial charge in [-0.1, -0.05) is 97.1 Å². The van der Waals surface area contributed by atoms with Crippen molar-refractivity contribution in [2.75, 3.05) is 4.90 Å². The van der Waals surface area contributed by atoms with E-state index >= 15 is 0 Å². The Hall–Kier alpha value is -3.32. The first kappa shape index (κ1) is 16.2. The summed E-state index contributed by atoms with van der Waals surface area (Å²) in [5, 5.41) is 0. The van der Waals surface area contributed by atoms with E-state index in [4.69, 9.17) is 0 Å². The molecule has 0 aliphatic carbocycles. The van der Waals surface area contributed by atoms with E-state index in [2.05, 4.69) is 120 Å². The Morgan fingerprint density at radius 3 is 1.73 bits per heavy atom. The highest BCUT2D eigenvalue weighted by molar-refractivity contribution is 5.82. The van der Waals surface area contributed by atoms with Crippen LogP contribution in [0.1, 0.15) is 5.56 Å². The second-order valence-corrected chi connectivity index (χ2v) is 6.29. The molecule has 0 atom stereocenters. The Kier molecular flexibility index (Phi) is 4.79. The van der Waals surface area contributed by atoms with Crippen LogP contribution in [-0.2, 0) is 6.54 Å². The molecule has 126 valence electrons. The van der Waals surface area contributed by atoms with Crippen molar-refractivity contribution in [1.82, 2.24) is 0 Å². The van der Waals surface area contributed by atoms with E-state index in [0.717, 1.165) is 6.54 Å². The number of nitrogens with zero attached hydrogens (tertiary/aromatic N) is 1. The van der Waals surface area contributed by atoms with Crippen LogP contribution in [0.4, 0.5) is 11.4 Å². The van der Waals surface area contributed by atoms with E-state index in [1.54, 1.807) is 0 Å². The minimum absolute atomic E-state index is 0.828. The number of benzene rings is 4. The molecule has 0 aliphatic heterocycles. The zero-order valence-corrected chi connectivity index (χ0v) is 14.6. The normalized spacial score (nSPS) is 10.5. The van der Waals surface area contributed by atoms with Crippen molar-refractivity contribution in [2.45, 2.75) is 6.54 Å². The van der Waals surface area contributed by atoms with Crippen molar-refractivity contribution in [3.8, 4) is 11.1 Å². The first-order chi connectivity index (χ1) is 12.9. The summed E-state index contributed by atoms with van der Waals surface area (Å²) < 4.78 is 0. The lowest BCUT2D eigenvalue weighted by atomic mass is 10.0. The molecule has 4 aromatic rings. The lowest BCUT2D eigenvalue weighted by Crippen LogP contribution is -2.17. The van der Waals surface area contributed by atoms with Crippen LogP contribution in [-0.4, -0.2) is 0 Å². The van der Waals surface area contributed by atoms with Gasteiger partial charge in [-0.25, -0.2) is 0 Å². The summed E-state index contributed by atoms with van der Waals surface area (Å²) in [4.78, 5) is 2.39. The average molecular weight is 335 g/mol. The van der Waals surface area contributed by atoms with Gasteiger partial charge in [0.15, 0.2) is 0 Å². The molecule has 0 radical (unpaired) electrons. The van der Waals surface area contributed by atoms with E-state index in [1.807, 2.05) is 0 Å². The van der Waals surface area contributed by atoms with Gasteiger partial charge in [0.1, 0.15) is 0 Å². The van der Waals surface area contributed by atoms with Gasteiger partial charge in [-0.2, -0.15) is 0 Å². The SMILES string of the molecule is c1ccc(CN(c2ccccc2)c2ccccc2-c2ccccc2)cc1. The maximum atomic E-state index is 2.39. The van der Waals surface area contributed by atoms with E-state index in [1.165, 1.54) is 28.1 Å². The van der Waals surface area contributed by atoms with Crippen molar-refractivity contribution < 1.29 is 0 Å². The summed E-state index contributed by atoms with van der Waals surface area (Å²) in [7, 11) is 0. The van der Waals surface area contributed by atoms with E-state index in [9.17, 15) is 0 Å². The third-order valence-corrected chi connectivity index (χ3v) is 4.53. The fourth-order valence-corrected chi connectivity index (χ4v) is 3.26. The molecular weight excluding hydrogens is 314 g/mol. The van der Waals surface area contributed by atoms with Crippen LogP contribution >= 0.6 is 0 Å². The van der Waals surface area contributed by atoms with Gasteiger partial charge in [0.05, 0.1) is 0 Å². The Balaban J connectivity index is 1.82. The third kappa shape index (κ3) is 3.52. The number of anilines is 2. The Labute approximate surface area is 155 Å². The maximum Gasteiger partial charge on any atom is 0.0493 e. The first-order valence-electron chi connectivity index (χ1n) is 8.93. The fourth-order valence-electron chi connectivity index (χ4n) is 3.26. The van der Waals surface area contributed by atoms with Gasteiger partial charge in [-0.3, -0.25) is 0 Å². The fraction of sp³-hybridized carbons (Fsp3) is 0.0400. The quantitative estimate of drug-likeness (QED) is 0.392. The van der Waals surface area contributed by atoms with Crippen molar-refractivity contribution in [3.05, 3.63) is 121 Å². The molecule has 1 nitrogen and oxygen atoms in total.